The van der Waals surface area contributed by atoms with E-state index in [0.29, 0.717) is 13.1 Å². The zero-order chi connectivity index (χ0) is 15.7. The summed E-state index contributed by atoms with van der Waals surface area (Å²) >= 11 is 0. The molecule has 0 bridgehead atoms. The van der Waals surface area contributed by atoms with Crippen LogP contribution in [-0.2, 0) is 0 Å². The average molecular weight is 299 g/mol. The van der Waals surface area contributed by atoms with Gasteiger partial charge in [0, 0.05) is 13.1 Å². The lowest BCUT2D eigenvalue weighted by molar-refractivity contribution is 0.114. The minimum atomic E-state index is -0.462. The van der Waals surface area contributed by atoms with Crippen LogP contribution in [0, 0.1) is 11.8 Å². The Hall–Kier alpha value is -0.810. The van der Waals surface area contributed by atoms with Gasteiger partial charge in [0.2, 0.25) is 0 Å². The Bertz CT molecular complexity index is 291. The highest BCUT2D eigenvalue weighted by Gasteiger charge is 2.15. The van der Waals surface area contributed by atoms with Crippen LogP contribution >= 0.6 is 0 Å². The highest BCUT2D eigenvalue weighted by atomic mass is 16.3. The second-order valence-corrected chi connectivity index (χ2v) is 6.47. The molecule has 1 rings (SSSR count). The van der Waals surface area contributed by atoms with E-state index in [1.54, 1.807) is 0 Å². The fourth-order valence-corrected chi connectivity index (χ4v) is 2.52. The van der Waals surface area contributed by atoms with Gasteiger partial charge in [-0.3, -0.25) is 0 Å². The lowest BCUT2D eigenvalue weighted by Crippen LogP contribution is -2.42. The van der Waals surface area contributed by atoms with Crippen LogP contribution in [0.3, 0.4) is 0 Å². The summed E-state index contributed by atoms with van der Waals surface area (Å²) in [4.78, 5) is 14.1. The average Bonchev–Trinajstić information content (AvgIpc) is 2.50. The third-order valence-electron chi connectivity index (χ3n) is 4.59. The summed E-state index contributed by atoms with van der Waals surface area (Å²) in [5, 5.41) is 15.4. The van der Waals surface area contributed by atoms with Crippen molar-refractivity contribution in [3.05, 3.63) is 0 Å². The molecule has 0 aliphatic carbocycles. The Balaban J connectivity index is 2.00. The van der Waals surface area contributed by atoms with Crippen LogP contribution in [0.4, 0.5) is 4.79 Å². The standard InChI is InChI=1S/C16H33N3O2/c1-4-14(3)15(20)12-18-16(21)17-8-5-9-19-10-6-13(2)7-11-19/h13-15,20H,4-12H2,1-3H3,(H2,17,18,21). The lowest BCUT2D eigenvalue weighted by atomic mass is 9.99. The summed E-state index contributed by atoms with van der Waals surface area (Å²) < 4.78 is 0. The molecule has 1 saturated heterocycles. The maximum atomic E-state index is 11.6. The first-order chi connectivity index (χ1) is 10.0. The number of piperidine rings is 1. The van der Waals surface area contributed by atoms with Crippen LogP contribution in [0.5, 0.6) is 0 Å². The molecule has 21 heavy (non-hydrogen) atoms. The molecule has 0 aromatic carbocycles. The fraction of sp³-hybridized carbons (Fsp3) is 0.938. The van der Waals surface area contributed by atoms with Crippen LogP contribution in [-0.4, -0.2) is 54.9 Å². The number of aliphatic hydroxyl groups excluding tert-OH is 1. The molecular weight excluding hydrogens is 266 g/mol. The Morgan fingerprint density at radius 2 is 2.00 bits per heavy atom. The number of hydrogen-bond acceptors (Lipinski definition) is 3. The molecule has 0 aromatic heterocycles. The highest BCUT2D eigenvalue weighted by molar-refractivity contribution is 5.73. The number of aliphatic hydroxyl groups is 1. The first-order valence-corrected chi connectivity index (χ1v) is 8.45. The van der Waals surface area contributed by atoms with Gasteiger partial charge in [-0.1, -0.05) is 27.2 Å². The normalized spacial score (nSPS) is 20.0. The van der Waals surface area contributed by atoms with Gasteiger partial charge in [0.1, 0.15) is 0 Å². The Morgan fingerprint density at radius 1 is 1.33 bits per heavy atom. The highest BCUT2D eigenvalue weighted by Crippen LogP contribution is 2.15. The van der Waals surface area contributed by atoms with Crippen molar-refractivity contribution in [2.75, 3.05) is 32.7 Å². The van der Waals surface area contributed by atoms with Crippen molar-refractivity contribution in [3.8, 4) is 0 Å². The van der Waals surface area contributed by atoms with Gasteiger partial charge in [-0.25, -0.2) is 4.79 Å². The first-order valence-electron chi connectivity index (χ1n) is 8.45. The number of nitrogens with zero attached hydrogens (tertiary/aromatic N) is 1. The fourth-order valence-electron chi connectivity index (χ4n) is 2.52. The van der Waals surface area contributed by atoms with E-state index in [9.17, 15) is 9.90 Å². The van der Waals surface area contributed by atoms with Gasteiger partial charge < -0.3 is 20.6 Å². The molecule has 5 nitrogen and oxygen atoms in total. The van der Waals surface area contributed by atoms with Gasteiger partial charge >= 0.3 is 6.03 Å². The molecule has 1 fully saturated rings. The van der Waals surface area contributed by atoms with Crippen LogP contribution in [0.25, 0.3) is 0 Å². The number of carbonyl (C=O) groups excluding carboxylic acids is 1. The van der Waals surface area contributed by atoms with Crippen LogP contribution < -0.4 is 10.6 Å². The topological polar surface area (TPSA) is 64.6 Å². The largest absolute Gasteiger partial charge is 0.391 e. The maximum absolute atomic E-state index is 11.6. The number of urea groups is 1. The molecule has 2 atom stereocenters. The minimum Gasteiger partial charge on any atom is -0.391 e. The van der Waals surface area contributed by atoms with E-state index in [-0.39, 0.29) is 11.9 Å². The van der Waals surface area contributed by atoms with E-state index >= 15 is 0 Å². The Morgan fingerprint density at radius 3 is 2.62 bits per heavy atom. The third-order valence-corrected chi connectivity index (χ3v) is 4.59. The van der Waals surface area contributed by atoms with E-state index in [1.807, 2.05) is 13.8 Å². The Kier molecular flexibility index (Phi) is 8.69. The predicted octanol–water partition coefficient (Wildman–Crippen LogP) is 1.81. The van der Waals surface area contributed by atoms with Gasteiger partial charge in [0.25, 0.3) is 0 Å². The van der Waals surface area contributed by atoms with E-state index in [0.717, 1.165) is 25.3 Å². The summed E-state index contributed by atoms with van der Waals surface area (Å²) in [6, 6.07) is -0.176. The molecule has 1 heterocycles. The van der Waals surface area contributed by atoms with Crippen LogP contribution in [0.1, 0.15) is 46.5 Å². The van der Waals surface area contributed by atoms with Crippen molar-refractivity contribution in [3.63, 3.8) is 0 Å². The van der Waals surface area contributed by atoms with Gasteiger partial charge in [-0.15, -0.1) is 0 Å². The van der Waals surface area contributed by atoms with Crippen molar-refractivity contribution in [2.45, 2.75) is 52.6 Å². The molecule has 0 radical (unpaired) electrons. The number of hydrogen-bond donors (Lipinski definition) is 3. The second-order valence-electron chi connectivity index (χ2n) is 6.47. The monoisotopic (exact) mass is 299 g/mol. The van der Waals surface area contributed by atoms with Crippen LogP contribution in [0.15, 0.2) is 0 Å². The minimum absolute atomic E-state index is 0.176. The second kappa shape index (κ2) is 10.0. The van der Waals surface area contributed by atoms with Crippen molar-refractivity contribution < 1.29 is 9.90 Å². The van der Waals surface area contributed by atoms with E-state index in [4.69, 9.17) is 0 Å². The van der Waals surface area contributed by atoms with Crippen molar-refractivity contribution in [1.82, 2.24) is 15.5 Å². The molecule has 3 N–H and O–H groups in total. The van der Waals surface area contributed by atoms with E-state index in [1.165, 1.54) is 25.9 Å². The summed E-state index contributed by atoms with van der Waals surface area (Å²) in [5.74, 6) is 1.08. The number of nitrogens with one attached hydrogen (secondary N) is 2. The number of amides is 2. The molecule has 0 saturated carbocycles. The van der Waals surface area contributed by atoms with Crippen molar-refractivity contribution in [2.24, 2.45) is 11.8 Å². The van der Waals surface area contributed by atoms with Gasteiger partial charge in [-0.2, -0.15) is 0 Å². The van der Waals surface area contributed by atoms with E-state index < -0.39 is 6.10 Å². The summed E-state index contributed by atoms with van der Waals surface area (Å²) in [7, 11) is 0. The molecule has 2 amide bonds. The smallest absolute Gasteiger partial charge is 0.314 e. The molecule has 124 valence electrons. The molecule has 0 aromatic rings. The zero-order valence-corrected chi connectivity index (χ0v) is 13.9. The van der Waals surface area contributed by atoms with Gasteiger partial charge in [-0.05, 0) is 50.7 Å². The van der Waals surface area contributed by atoms with Gasteiger partial charge in [0.05, 0.1) is 6.10 Å². The molecule has 0 spiro atoms. The summed E-state index contributed by atoms with van der Waals surface area (Å²) in [5.41, 5.74) is 0. The van der Waals surface area contributed by atoms with Crippen molar-refractivity contribution in [1.29, 1.82) is 0 Å². The molecule has 1 aliphatic heterocycles. The zero-order valence-electron chi connectivity index (χ0n) is 13.9. The number of carbonyl (C=O) groups is 1. The summed E-state index contributed by atoms with van der Waals surface area (Å²) in [6.07, 6.45) is 4.02. The predicted molar refractivity (Wildman–Crippen MR) is 86.3 cm³/mol. The molecule has 2 unspecified atom stereocenters. The number of likely N-dealkylation sites (tertiary alicyclic amines) is 1. The third kappa shape index (κ3) is 7.67. The van der Waals surface area contributed by atoms with Gasteiger partial charge in [0.15, 0.2) is 0 Å². The Labute approximate surface area is 129 Å². The molecule has 5 heteroatoms. The molecular formula is C16H33N3O2. The first kappa shape index (κ1) is 18.2. The quantitative estimate of drug-likeness (QED) is 0.599. The number of rotatable bonds is 8. The van der Waals surface area contributed by atoms with Crippen molar-refractivity contribution >= 4 is 6.03 Å². The SMILES string of the molecule is CCC(C)C(O)CNC(=O)NCCCN1CCC(C)CC1. The lowest BCUT2D eigenvalue weighted by Gasteiger charge is -2.30. The maximum Gasteiger partial charge on any atom is 0.314 e. The van der Waals surface area contributed by atoms with Crippen LogP contribution in [0.2, 0.25) is 0 Å². The van der Waals surface area contributed by atoms with E-state index in [2.05, 4.69) is 22.5 Å². The summed E-state index contributed by atoms with van der Waals surface area (Å²) in [6.45, 7) is 10.8. The molecule has 1 aliphatic rings.